The topological polar surface area (TPSA) is 88.6 Å². The predicted molar refractivity (Wildman–Crippen MR) is 102 cm³/mol. The van der Waals surface area contributed by atoms with Crippen molar-refractivity contribution in [3.05, 3.63) is 39.4 Å². The van der Waals surface area contributed by atoms with Crippen LogP contribution in [0.2, 0.25) is 0 Å². The molecule has 1 saturated heterocycles. The number of fused-ring (bicyclic) bond motifs is 1. The molecule has 0 unspecified atom stereocenters. The van der Waals surface area contributed by atoms with E-state index in [2.05, 4.69) is 6.92 Å². The van der Waals surface area contributed by atoms with Gasteiger partial charge in [0.2, 0.25) is 5.43 Å². The average Bonchev–Trinajstić information content (AvgIpc) is 3.39. The van der Waals surface area contributed by atoms with Gasteiger partial charge in [0.25, 0.3) is 0 Å². The van der Waals surface area contributed by atoms with Gasteiger partial charge in [0.15, 0.2) is 0 Å². The third-order valence-corrected chi connectivity index (χ3v) is 5.66. The molecule has 1 aliphatic carbocycles. The maximum absolute atomic E-state index is 15.1. The van der Waals surface area contributed by atoms with Crippen LogP contribution >= 0.6 is 0 Å². The summed E-state index contributed by atoms with van der Waals surface area (Å²) in [5.74, 6) is -1.43. The first-order valence-electron chi connectivity index (χ1n) is 9.39. The first-order valence-corrected chi connectivity index (χ1v) is 9.39. The number of carbonyl (C=O) groups is 1. The molecule has 0 amide bonds. The molecule has 2 atom stereocenters. The number of aromatic carboxylic acids is 1. The first-order chi connectivity index (χ1) is 12.8. The molecule has 27 heavy (non-hydrogen) atoms. The molecule has 1 saturated carbocycles. The highest BCUT2D eigenvalue weighted by molar-refractivity contribution is 5.95. The van der Waals surface area contributed by atoms with Crippen molar-refractivity contribution in [1.29, 1.82) is 0 Å². The highest BCUT2D eigenvalue weighted by atomic mass is 19.1. The Kier molecular flexibility index (Phi) is 4.22. The van der Waals surface area contributed by atoms with E-state index < -0.39 is 17.2 Å². The Morgan fingerprint density at radius 1 is 1.33 bits per heavy atom. The van der Waals surface area contributed by atoms with Crippen molar-refractivity contribution in [2.75, 3.05) is 18.0 Å². The largest absolute Gasteiger partial charge is 0.477 e. The number of hydrogen-bond donors (Lipinski definition) is 2. The van der Waals surface area contributed by atoms with E-state index in [0.29, 0.717) is 35.8 Å². The van der Waals surface area contributed by atoms with Gasteiger partial charge in [-0.25, -0.2) is 9.18 Å². The van der Waals surface area contributed by atoms with E-state index >= 15 is 4.39 Å². The molecule has 2 heterocycles. The molecule has 2 aliphatic rings. The molecule has 4 rings (SSSR count). The summed E-state index contributed by atoms with van der Waals surface area (Å²) in [6, 6.07) is 1.34. The van der Waals surface area contributed by atoms with Gasteiger partial charge >= 0.3 is 5.97 Å². The van der Waals surface area contributed by atoms with E-state index in [1.807, 2.05) is 16.4 Å². The third kappa shape index (κ3) is 3.00. The van der Waals surface area contributed by atoms with Crippen LogP contribution < -0.4 is 16.1 Å². The maximum Gasteiger partial charge on any atom is 0.341 e. The second kappa shape index (κ2) is 6.34. The lowest BCUT2D eigenvalue weighted by Gasteiger charge is -2.37. The second-order valence-electron chi connectivity index (χ2n) is 8.05. The number of aromatic nitrogens is 1. The summed E-state index contributed by atoms with van der Waals surface area (Å²) in [6.07, 6.45) is 4.17. The number of pyridine rings is 1. The average molecular weight is 373 g/mol. The number of anilines is 1. The first kappa shape index (κ1) is 18.0. The van der Waals surface area contributed by atoms with E-state index in [1.54, 1.807) is 0 Å². The molecular formula is C20H24FN3O3. The lowest BCUT2D eigenvalue weighted by atomic mass is 9.94. The SMILES string of the molecule is Cc1c(N2C[C@H](C)C[C@H](N)C2)c(F)cc2c(=O)c(C(=O)O)cn(C3CC3)c12. The van der Waals surface area contributed by atoms with E-state index in [-0.39, 0.29) is 23.0 Å². The zero-order chi connectivity index (χ0) is 19.5. The van der Waals surface area contributed by atoms with Crippen molar-refractivity contribution in [1.82, 2.24) is 4.57 Å². The zero-order valence-electron chi connectivity index (χ0n) is 15.5. The van der Waals surface area contributed by atoms with Gasteiger partial charge in [-0.3, -0.25) is 4.79 Å². The van der Waals surface area contributed by atoms with Crippen LogP contribution in [0.5, 0.6) is 0 Å². The lowest BCUT2D eigenvalue weighted by molar-refractivity contribution is 0.0695. The van der Waals surface area contributed by atoms with Crippen LogP contribution in [0.25, 0.3) is 10.9 Å². The molecule has 0 radical (unpaired) electrons. The Morgan fingerprint density at radius 2 is 2.04 bits per heavy atom. The van der Waals surface area contributed by atoms with E-state index in [0.717, 1.165) is 19.3 Å². The number of nitrogens with zero attached hydrogens (tertiary/aromatic N) is 2. The molecule has 144 valence electrons. The number of rotatable bonds is 3. The summed E-state index contributed by atoms with van der Waals surface area (Å²) in [6.45, 7) is 5.18. The van der Waals surface area contributed by atoms with Crippen molar-refractivity contribution < 1.29 is 14.3 Å². The summed E-state index contributed by atoms with van der Waals surface area (Å²) in [4.78, 5) is 26.1. The summed E-state index contributed by atoms with van der Waals surface area (Å²) in [7, 11) is 0. The number of benzene rings is 1. The fraction of sp³-hybridized carbons (Fsp3) is 0.500. The molecule has 1 aliphatic heterocycles. The molecule has 3 N–H and O–H groups in total. The maximum atomic E-state index is 15.1. The minimum absolute atomic E-state index is 0.0248. The number of piperidine rings is 1. The number of halogens is 1. The molecule has 1 aromatic heterocycles. The zero-order valence-corrected chi connectivity index (χ0v) is 15.5. The van der Waals surface area contributed by atoms with E-state index in [9.17, 15) is 14.7 Å². The van der Waals surface area contributed by atoms with Gasteiger partial charge in [-0.1, -0.05) is 6.92 Å². The van der Waals surface area contributed by atoms with Crippen molar-refractivity contribution in [3.63, 3.8) is 0 Å². The molecule has 7 heteroatoms. The molecule has 0 spiro atoms. The normalized spacial score (nSPS) is 23.0. The Balaban J connectivity index is 1.98. The summed E-state index contributed by atoms with van der Waals surface area (Å²) >= 11 is 0. The van der Waals surface area contributed by atoms with E-state index in [4.69, 9.17) is 5.73 Å². The number of carboxylic acid groups (broad SMARTS) is 1. The van der Waals surface area contributed by atoms with Crippen molar-refractivity contribution >= 4 is 22.6 Å². The number of carboxylic acids is 1. The number of hydrogen-bond acceptors (Lipinski definition) is 4. The van der Waals surface area contributed by atoms with Gasteiger partial charge in [-0.15, -0.1) is 0 Å². The van der Waals surface area contributed by atoms with Crippen LogP contribution in [0.15, 0.2) is 17.1 Å². The van der Waals surface area contributed by atoms with Gasteiger partial charge in [0.1, 0.15) is 11.4 Å². The van der Waals surface area contributed by atoms with Gasteiger partial charge in [0, 0.05) is 36.8 Å². The lowest BCUT2D eigenvalue weighted by Crippen LogP contribution is -2.47. The van der Waals surface area contributed by atoms with Crippen LogP contribution in [-0.2, 0) is 0 Å². The summed E-state index contributed by atoms with van der Waals surface area (Å²) < 4.78 is 17.0. The van der Waals surface area contributed by atoms with Crippen LogP contribution in [0.4, 0.5) is 10.1 Å². The Hall–Kier alpha value is -2.41. The second-order valence-corrected chi connectivity index (χ2v) is 8.05. The minimum Gasteiger partial charge on any atom is -0.477 e. The van der Waals surface area contributed by atoms with Crippen LogP contribution in [0.1, 0.15) is 48.1 Å². The van der Waals surface area contributed by atoms with Gasteiger partial charge in [0.05, 0.1) is 11.2 Å². The molecule has 1 aromatic carbocycles. The summed E-state index contributed by atoms with van der Waals surface area (Å²) in [5.41, 5.74) is 6.98. The molecular weight excluding hydrogens is 349 g/mol. The Bertz CT molecular complexity index is 986. The van der Waals surface area contributed by atoms with Gasteiger partial charge < -0.3 is 20.3 Å². The predicted octanol–water partition coefficient (Wildman–Crippen LogP) is 2.66. The van der Waals surface area contributed by atoms with E-state index in [1.165, 1.54) is 12.3 Å². The van der Waals surface area contributed by atoms with Crippen LogP contribution in [-0.4, -0.2) is 34.8 Å². The van der Waals surface area contributed by atoms with Crippen LogP contribution in [0.3, 0.4) is 0 Å². The molecule has 2 aromatic rings. The Morgan fingerprint density at radius 3 is 2.63 bits per heavy atom. The fourth-order valence-electron chi connectivity index (χ4n) is 4.43. The monoisotopic (exact) mass is 373 g/mol. The molecule has 0 bridgehead atoms. The quantitative estimate of drug-likeness (QED) is 0.863. The Labute approximate surface area is 156 Å². The van der Waals surface area contributed by atoms with Crippen molar-refractivity contribution in [2.24, 2.45) is 11.7 Å². The molecule has 6 nitrogen and oxygen atoms in total. The minimum atomic E-state index is -1.28. The van der Waals surface area contributed by atoms with Gasteiger partial charge in [-0.2, -0.15) is 0 Å². The standard InChI is InChI=1S/C20H24FN3O3/c1-10-5-12(22)8-23(7-10)18-11(2)17-14(6-16(18)21)19(25)15(20(26)27)9-24(17)13-3-4-13/h6,9-10,12-13H,3-5,7-8,22H2,1-2H3,(H,26,27)/t10-,12+/m1/s1. The van der Waals surface area contributed by atoms with Crippen LogP contribution in [0, 0.1) is 18.7 Å². The number of nitrogens with two attached hydrogens (primary N) is 1. The van der Waals surface area contributed by atoms with Gasteiger partial charge in [-0.05, 0) is 43.7 Å². The summed E-state index contributed by atoms with van der Waals surface area (Å²) in [5, 5.41) is 9.51. The molecule has 2 fully saturated rings. The van der Waals surface area contributed by atoms with Crippen molar-refractivity contribution in [3.8, 4) is 0 Å². The fourth-order valence-corrected chi connectivity index (χ4v) is 4.43. The third-order valence-electron chi connectivity index (χ3n) is 5.66. The smallest absolute Gasteiger partial charge is 0.341 e. The van der Waals surface area contributed by atoms with Crippen molar-refractivity contribution in [2.45, 2.75) is 45.2 Å². The highest BCUT2D eigenvalue weighted by Gasteiger charge is 2.31. The number of aryl methyl sites for hydroxylation is 1. The highest BCUT2D eigenvalue weighted by Crippen LogP contribution is 2.40.